The number of aromatic nitrogens is 6. The lowest BCUT2D eigenvalue weighted by Gasteiger charge is -1.98. The van der Waals surface area contributed by atoms with E-state index in [2.05, 4.69) is 41.2 Å². The fourth-order valence-corrected chi connectivity index (χ4v) is 1.80. The lowest BCUT2D eigenvalue weighted by molar-refractivity contribution is -0.122. The minimum atomic E-state index is -0.476. The number of carbonyl (C=O) groups excluding carboxylic acids is 2. The molecule has 28 heavy (non-hydrogen) atoms. The van der Waals surface area contributed by atoms with Crippen molar-refractivity contribution in [1.29, 1.82) is 0 Å². The van der Waals surface area contributed by atoms with Gasteiger partial charge in [0, 0.05) is 23.9 Å². The number of carbonyl (C=O) groups is 3. The van der Waals surface area contributed by atoms with Crippen LogP contribution in [0, 0.1) is 6.92 Å². The minimum absolute atomic E-state index is 0.171. The third-order valence-electron chi connectivity index (χ3n) is 2.85. The maximum absolute atomic E-state index is 12.0. The number of hydrogen-bond donors (Lipinski definition) is 7. The Hall–Kier alpha value is -4.16. The van der Waals surface area contributed by atoms with Crippen molar-refractivity contribution in [1.82, 2.24) is 30.6 Å². The summed E-state index contributed by atoms with van der Waals surface area (Å²) >= 11 is 0. The molecule has 0 aromatic carbocycles. The highest BCUT2D eigenvalue weighted by atomic mass is 16.3. The van der Waals surface area contributed by atoms with E-state index in [4.69, 9.17) is 15.6 Å². The van der Waals surface area contributed by atoms with Crippen LogP contribution in [0.1, 0.15) is 40.5 Å². The molecule has 150 valence electrons. The van der Waals surface area contributed by atoms with Crippen molar-refractivity contribution in [2.75, 3.05) is 16.4 Å². The van der Waals surface area contributed by atoms with Crippen molar-refractivity contribution in [2.24, 2.45) is 0 Å². The molecule has 3 aromatic rings. The van der Waals surface area contributed by atoms with Crippen molar-refractivity contribution in [3.8, 4) is 0 Å². The average Bonchev–Trinajstić information content (AvgIpc) is 3.39. The Kier molecular flexibility index (Phi) is 8.40. The molecule has 8 N–H and O–H groups in total. The molecule has 0 saturated carbocycles. The minimum Gasteiger partial charge on any atom is -0.483 e. The SMILES string of the molecule is CC.Cc1cc(NC(=O)c2cc(NC(=O)c3cc(N)n[nH]3)n[nH]2)n[nH]1.O=CO. The van der Waals surface area contributed by atoms with Crippen LogP contribution in [0.5, 0.6) is 0 Å². The second-order valence-corrected chi connectivity index (χ2v) is 4.82. The molecule has 0 spiro atoms. The van der Waals surface area contributed by atoms with E-state index >= 15 is 0 Å². The smallest absolute Gasteiger partial charge is 0.290 e. The van der Waals surface area contributed by atoms with Gasteiger partial charge in [-0.15, -0.1) is 0 Å². The standard InChI is InChI=1S/C12H13N9O2.C2H6.CH2O2/c1-5-2-9(20-16-5)14-12(23)7-4-10(21-18-7)15-11(22)6-3-8(13)19-17-6;1-2;2-1-3/h2-4H,1H3,(H3,13,17,19)(H2,14,16,20,23)(H2,15,18,21,22);1-2H3;1H,(H,2,3). The van der Waals surface area contributed by atoms with Crippen molar-refractivity contribution < 1.29 is 19.5 Å². The molecule has 0 saturated heterocycles. The molecule has 0 aliphatic rings. The number of nitrogens with two attached hydrogens (primary N) is 1. The highest BCUT2D eigenvalue weighted by molar-refractivity contribution is 6.05. The van der Waals surface area contributed by atoms with Gasteiger partial charge in [-0.2, -0.15) is 15.3 Å². The molecule has 0 aliphatic heterocycles. The van der Waals surface area contributed by atoms with E-state index in [1.54, 1.807) is 6.07 Å². The molecule has 0 aliphatic carbocycles. The monoisotopic (exact) mass is 391 g/mol. The van der Waals surface area contributed by atoms with Crippen LogP contribution in [0.15, 0.2) is 18.2 Å². The second-order valence-electron chi connectivity index (χ2n) is 4.82. The quantitative estimate of drug-likeness (QED) is 0.318. The third kappa shape index (κ3) is 6.29. The molecule has 0 fully saturated rings. The van der Waals surface area contributed by atoms with Gasteiger partial charge in [-0.3, -0.25) is 29.7 Å². The van der Waals surface area contributed by atoms with Gasteiger partial charge in [0.25, 0.3) is 18.3 Å². The van der Waals surface area contributed by atoms with Crippen LogP contribution in [0.3, 0.4) is 0 Å². The largest absolute Gasteiger partial charge is 0.483 e. The number of carboxylic acid groups (broad SMARTS) is 1. The molecule has 2 amide bonds. The van der Waals surface area contributed by atoms with Crippen LogP contribution in [-0.4, -0.2) is 54.0 Å². The number of nitrogen functional groups attached to an aromatic ring is 1. The van der Waals surface area contributed by atoms with Gasteiger partial charge in [0.2, 0.25) is 0 Å². The first-order valence-corrected chi connectivity index (χ1v) is 8.01. The van der Waals surface area contributed by atoms with Crippen molar-refractivity contribution in [2.45, 2.75) is 20.8 Å². The Balaban J connectivity index is 0.000000717. The summed E-state index contributed by atoms with van der Waals surface area (Å²) in [6.45, 7) is 5.56. The lowest BCUT2D eigenvalue weighted by Crippen LogP contribution is -2.13. The van der Waals surface area contributed by atoms with E-state index in [0.717, 1.165) is 5.69 Å². The van der Waals surface area contributed by atoms with Gasteiger partial charge >= 0.3 is 0 Å². The van der Waals surface area contributed by atoms with Crippen LogP contribution in [0.2, 0.25) is 0 Å². The maximum Gasteiger partial charge on any atom is 0.290 e. The summed E-state index contributed by atoms with van der Waals surface area (Å²) < 4.78 is 0. The van der Waals surface area contributed by atoms with Crippen LogP contribution >= 0.6 is 0 Å². The zero-order valence-electron chi connectivity index (χ0n) is 15.4. The van der Waals surface area contributed by atoms with Gasteiger partial charge in [0.1, 0.15) is 17.2 Å². The van der Waals surface area contributed by atoms with Gasteiger partial charge < -0.3 is 21.5 Å². The van der Waals surface area contributed by atoms with Gasteiger partial charge in [0.15, 0.2) is 11.6 Å². The van der Waals surface area contributed by atoms with Crippen LogP contribution in [0.4, 0.5) is 17.5 Å². The predicted molar refractivity (Wildman–Crippen MR) is 101 cm³/mol. The molecule has 3 heterocycles. The zero-order chi connectivity index (χ0) is 21.1. The number of rotatable bonds is 4. The van der Waals surface area contributed by atoms with Crippen molar-refractivity contribution in [3.63, 3.8) is 0 Å². The van der Waals surface area contributed by atoms with E-state index in [1.165, 1.54) is 12.1 Å². The van der Waals surface area contributed by atoms with Crippen LogP contribution in [0.25, 0.3) is 0 Å². The van der Waals surface area contributed by atoms with Gasteiger partial charge in [-0.05, 0) is 6.92 Å². The summed E-state index contributed by atoms with van der Waals surface area (Å²) in [7, 11) is 0. The molecule has 3 rings (SSSR count). The van der Waals surface area contributed by atoms with Gasteiger partial charge in [-0.1, -0.05) is 13.8 Å². The first-order chi connectivity index (χ1) is 13.4. The number of H-pyrrole nitrogens is 3. The predicted octanol–water partition coefficient (Wildman–Crippen LogP) is 0.978. The van der Waals surface area contributed by atoms with Crippen molar-refractivity contribution in [3.05, 3.63) is 35.3 Å². The van der Waals surface area contributed by atoms with E-state index in [-0.39, 0.29) is 29.5 Å². The summed E-state index contributed by atoms with van der Waals surface area (Å²) in [6, 6.07) is 4.46. The fraction of sp³-hybridized carbons (Fsp3) is 0.200. The number of nitrogens with one attached hydrogen (secondary N) is 5. The lowest BCUT2D eigenvalue weighted by atomic mass is 10.3. The zero-order valence-corrected chi connectivity index (χ0v) is 15.4. The van der Waals surface area contributed by atoms with Crippen LogP contribution < -0.4 is 16.4 Å². The van der Waals surface area contributed by atoms with Crippen molar-refractivity contribution >= 4 is 35.7 Å². The molecule has 13 nitrogen and oxygen atoms in total. The molecule has 3 aromatic heterocycles. The highest BCUT2D eigenvalue weighted by Crippen LogP contribution is 2.11. The van der Waals surface area contributed by atoms with E-state index in [1.807, 2.05) is 20.8 Å². The van der Waals surface area contributed by atoms with Gasteiger partial charge in [0.05, 0.1) is 0 Å². The highest BCUT2D eigenvalue weighted by Gasteiger charge is 2.14. The molecular formula is C15H21N9O4. The Morgan fingerprint density at radius 3 is 1.89 bits per heavy atom. The number of nitrogens with zero attached hydrogens (tertiary/aromatic N) is 3. The summed E-state index contributed by atoms with van der Waals surface area (Å²) in [6.07, 6.45) is 0. The average molecular weight is 391 g/mol. The maximum atomic E-state index is 12.0. The summed E-state index contributed by atoms with van der Waals surface area (Å²) in [5.41, 5.74) is 6.59. The summed E-state index contributed by atoms with van der Waals surface area (Å²) in [5.74, 6) is -0.135. The van der Waals surface area contributed by atoms with E-state index in [9.17, 15) is 9.59 Å². The third-order valence-corrected chi connectivity index (χ3v) is 2.85. The first kappa shape index (κ1) is 21.9. The Morgan fingerprint density at radius 2 is 1.43 bits per heavy atom. The topological polar surface area (TPSA) is 208 Å². The van der Waals surface area contributed by atoms with E-state index < -0.39 is 11.8 Å². The number of aromatic amines is 3. The Labute approximate surface area is 159 Å². The van der Waals surface area contributed by atoms with Crippen LogP contribution in [-0.2, 0) is 4.79 Å². The van der Waals surface area contributed by atoms with Gasteiger partial charge in [-0.25, -0.2) is 0 Å². The first-order valence-electron chi connectivity index (χ1n) is 8.01. The summed E-state index contributed by atoms with van der Waals surface area (Å²) in [4.78, 5) is 32.3. The molecular weight excluding hydrogens is 370 g/mol. The molecule has 0 unspecified atom stereocenters. The molecule has 0 bridgehead atoms. The summed E-state index contributed by atoms with van der Waals surface area (Å²) in [5, 5.41) is 31.1. The number of amides is 2. The second kappa shape index (κ2) is 10.7. The molecule has 0 radical (unpaired) electrons. The molecule has 0 atom stereocenters. The fourth-order valence-electron chi connectivity index (χ4n) is 1.80. The number of aryl methyl sites for hydroxylation is 1. The number of hydrogen-bond acceptors (Lipinski definition) is 7. The number of anilines is 3. The molecule has 13 heteroatoms. The normalized spacial score (nSPS) is 9.25. The van der Waals surface area contributed by atoms with E-state index in [0.29, 0.717) is 5.82 Å². The Morgan fingerprint density at radius 1 is 0.964 bits per heavy atom. The Bertz CT molecular complexity index is 912.